The second kappa shape index (κ2) is 4.08. The number of hydrogen-bond acceptors (Lipinski definition) is 4. The Labute approximate surface area is 109 Å². The smallest absolute Gasteiger partial charge is 0.336 e. The highest BCUT2D eigenvalue weighted by Crippen LogP contribution is 2.27. The zero-order valence-electron chi connectivity index (χ0n) is 10.7. The van der Waals surface area contributed by atoms with Crippen molar-refractivity contribution in [2.45, 2.75) is 13.3 Å². The Bertz CT molecular complexity index is 715. The first-order valence-electron chi connectivity index (χ1n) is 5.99. The number of fused-ring (bicyclic) bond motifs is 1. The van der Waals surface area contributed by atoms with Gasteiger partial charge in [0.15, 0.2) is 5.65 Å². The van der Waals surface area contributed by atoms with Gasteiger partial charge >= 0.3 is 5.97 Å². The zero-order chi connectivity index (χ0) is 13.6. The molecule has 6 heteroatoms. The lowest BCUT2D eigenvalue weighted by atomic mass is 10.1. The van der Waals surface area contributed by atoms with E-state index in [2.05, 4.69) is 10.1 Å². The number of hydrogen-bond donors (Lipinski definition) is 1. The minimum Gasteiger partial charge on any atom is -0.491 e. The molecule has 0 bridgehead atoms. The Morgan fingerprint density at radius 1 is 1.53 bits per heavy atom. The van der Waals surface area contributed by atoms with Gasteiger partial charge in [0.1, 0.15) is 11.5 Å². The first-order chi connectivity index (χ1) is 9.08. The maximum Gasteiger partial charge on any atom is 0.336 e. The fraction of sp³-hybridized carbons (Fsp3) is 0.308. The lowest BCUT2D eigenvalue weighted by Crippen LogP contribution is -2.03. The summed E-state index contributed by atoms with van der Waals surface area (Å²) in [5.74, 6) is -0.341. The molecular weight excluding hydrogens is 246 g/mol. The SMILES string of the molecule is Cc1nn(C)c2nc(C3=CCCO3)cc(C(=O)O)c12. The molecule has 3 rings (SSSR count). The van der Waals surface area contributed by atoms with Gasteiger partial charge in [-0.25, -0.2) is 9.78 Å². The summed E-state index contributed by atoms with van der Waals surface area (Å²) in [6.45, 7) is 2.39. The van der Waals surface area contributed by atoms with E-state index in [4.69, 9.17) is 4.74 Å². The van der Waals surface area contributed by atoms with Crippen LogP contribution in [-0.2, 0) is 11.8 Å². The fourth-order valence-corrected chi connectivity index (χ4v) is 2.34. The number of carboxylic acids is 1. The summed E-state index contributed by atoms with van der Waals surface area (Å²) in [6.07, 6.45) is 2.74. The predicted octanol–water partition coefficient (Wildman–Crippen LogP) is 1.74. The molecule has 0 radical (unpaired) electrons. The minimum absolute atomic E-state index is 0.210. The molecule has 19 heavy (non-hydrogen) atoms. The Balaban J connectivity index is 2.32. The second-order valence-corrected chi connectivity index (χ2v) is 4.47. The van der Waals surface area contributed by atoms with Gasteiger partial charge < -0.3 is 9.84 Å². The highest BCUT2D eigenvalue weighted by Gasteiger charge is 2.20. The van der Waals surface area contributed by atoms with Crippen LogP contribution in [0.25, 0.3) is 16.8 Å². The molecule has 6 nitrogen and oxygen atoms in total. The van der Waals surface area contributed by atoms with Gasteiger partial charge in [-0.2, -0.15) is 5.10 Å². The van der Waals surface area contributed by atoms with E-state index in [0.29, 0.717) is 34.8 Å². The van der Waals surface area contributed by atoms with Crippen molar-refractivity contribution in [1.82, 2.24) is 14.8 Å². The highest BCUT2D eigenvalue weighted by molar-refractivity contribution is 6.03. The van der Waals surface area contributed by atoms with Crippen LogP contribution in [0.2, 0.25) is 0 Å². The van der Waals surface area contributed by atoms with Crippen molar-refractivity contribution >= 4 is 22.8 Å². The number of pyridine rings is 1. The van der Waals surface area contributed by atoms with E-state index in [1.807, 2.05) is 6.08 Å². The van der Waals surface area contributed by atoms with Crippen LogP contribution in [0.15, 0.2) is 12.1 Å². The largest absolute Gasteiger partial charge is 0.491 e. The van der Waals surface area contributed by atoms with Gasteiger partial charge in [0.05, 0.1) is 23.3 Å². The standard InChI is InChI=1S/C13H13N3O3/c1-7-11-8(13(17)18)6-9(10-4-3-5-19-10)14-12(11)16(2)15-7/h4,6H,3,5H2,1-2H3,(H,17,18). The molecule has 2 aromatic rings. The van der Waals surface area contributed by atoms with E-state index < -0.39 is 5.97 Å². The van der Waals surface area contributed by atoms with Crippen molar-refractivity contribution in [3.05, 3.63) is 29.1 Å². The van der Waals surface area contributed by atoms with Crippen LogP contribution in [0.1, 0.15) is 28.2 Å². The maximum atomic E-state index is 11.4. The molecule has 0 unspecified atom stereocenters. The molecular formula is C13H13N3O3. The summed E-state index contributed by atoms with van der Waals surface area (Å²) in [5.41, 5.74) is 1.98. The first-order valence-corrected chi connectivity index (χ1v) is 5.99. The Morgan fingerprint density at radius 2 is 2.32 bits per heavy atom. The number of nitrogens with zero attached hydrogens (tertiary/aromatic N) is 3. The second-order valence-electron chi connectivity index (χ2n) is 4.47. The molecule has 0 atom stereocenters. The van der Waals surface area contributed by atoms with E-state index in [1.54, 1.807) is 24.7 Å². The van der Waals surface area contributed by atoms with Crippen LogP contribution >= 0.6 is 0 Å². The highest BCUT2D eigenvalue weighted by atomic mass is 16.5. The van der Waals surface area contributed by atoms with Crippen molar-refractivity contribution in [3.8, 4) is 0 Å². The molecule has 1 aliphatic heterocycles. The normalized spacial score (nSPS) is 14.5. The molecule has 0 fully saturated rings. The van der Waals surface area contributed by atoms with Gasteiger partial charge in [-0.3, -0.25) is 4.68 Å². The Hall–Kier alpha value is -2.37. The van der Waals surface area contributed by atoms with Crippen molar-refractivity contribution in [2.75, 3.05) is 6.61 Å². The first kappa shape index (κ1) is 11.7. The third-order valence-electron chi connectivity index (χ3n) is 3.16. The third-order valence-corrected chi connectivity index (χ3v) is 3.16. The number of aromatic carboxylic acids is 1. The monoisotopic (exact) mass is 259 g/mol. The molecule has 0 saturated carbocycles. The number of ether oxygens (including phenoxy) is 1. The van der Waals surface area contributed by atoms with Crippen molar-refractivity contribution in [3.63, 3.8) is 0 Å². The average molecular weight is 259 g/mol. The van der Waals surface area contributed by atoms with E-state index in [9.17, 15) is 9.90 Å². The molecule has 1 N–H and O–H groups in total. The molecule has 1 aliphatic rings. The zero-order valence-corrected chi connectivity index (χ0v) is 10.7. The van der Waals surface area contributed by atoms with E-state index in [1.165, 1.54) is 0 Å². The summed E-state index contributed by atoms with van der Waals surface area (Å²) < 4.78 is 7.04. The van der Waals surface area contributed by atoms with Crippen molar-refractivity contribution in [2.24, 2.45) is 7.05 Å². The quantitative estimate of drug-likeness (QED) is 0.888. The number of carbonyl (C=O) groups is 1. The Morgan fingerprint density at radius 3 is 2.95 bits per heavy atom. The predicted molar refractivity (Wildman–Crippen MR) is 68.8 cm³/mol. The summed E-state index contributed by atoms with van der Waals surface area (Å²) in [4.78, 5) is 15.9. The molecule has 3 heterocycles. The molecule has 0 aliphatic carbocycles. The number of carboxylic acid groups (broad SMARTS) is 1. The summed E-state index contributed by atoms with van der Waals surface area (Å²) in [7, 11) is 1.75. The van der Waals surface area contributed by atoms with Gasteiger partial charge in [0.2, 0.25) is 0 Å². The average Bonchev–Trinajstić information content (AvgIpc) is 2.98. The third kappa shape index (κ3) is 1.76. The van der Waals surface area contributed by atoms with Gasteiger partial charge in [0.25, 0.3) is 0 Å². The molecule has 2 aromatic heterocycles. The number of aryl methyl sites for hydroxylation is 2. The Kier molecular flexibility index (Phi) is 2.51. The van der Waals surface area contributed by atoms with E-state index >= 15 is 0 Å². The topological polar surface area (TPSA) is 77.2 Å². The van der Waals surface area contributed by atoms with Crippen molar-refractivity contribution in [1.29, 1.82) is 0 Å². The number of aromatic nitrogens is 3. The van der Waals surface area contributed by atoms with Crippen LogP contribution in [0, 0.1) is 6.92 Å². The molecule has 0 aromatic carbocycles. The van der Waals surface area contributed by atoms with E-state index in [0.717, 1.165) is 6.42 Å². The van der Waals surface area contributed by atoms with Crippen LogP contribution < -0.4 is 0 Å². The number of rotatable bonds is 2. The van der Waals surface area contributed by atoms with Crippen LogP contribution in [0.5, 0.6) is 0 Å². The van der Waals surface area contributed by atoms with Gasteiger partial charge in [0, 0.05) is 13.5 Å². The summed E-state index contributed by atoms with van der Waals surface area (Å²) in [5, 5.41) is 14.2. The molecule has 0 saturated heterocycles. The lowest BCUT2D eigenvalue weighted by Gasteiger charge is -2.06. The van der Waals surface area contributed by atoms with E-state index in [-0.39, 0.29) is 5.56 Å². The van der Waals surface area contributed by atoms with Gasteiger partial charge in [-0.05, 0) is 19.1 Å². The van der Waals surface area contributed by atoms with Crippen LogP contribution in [0.3, 0.4) is 0 Å². The fourth-order valence-electron chi connectivity index (χ4n) is 2.34. The maximum absolute atomic E-state index is 11.4. The lowest BCUT2D eigenvalue weighted by molar-refractivity contribution is 0.0699. The van der Waals surface area contributed by atoms with Gasteiger partial charge in [-0.15, -0.1) is 0 Å². The summed E-state index contributed by atoms with van der Waals surface area (Å²) in [6, 6.07) is 1.55. The molecule has 0 amide bonds. The van der Waals surface area contributed by atoms with Crippen LogP contribution in [-0.4, -0.2) is 32.4 Å². The summed E-state index contributed by atoms with van der Waals surface area (Å²) >= 11 is 0. The van der Waals surface area contributed by atoms with Crippen LogP contribution in [0.4, 0.5) is 0 Å². The van der Waals surface area contributed by atoms with Crippen molar-refractivity contribution < 1.29 is 14.6 Å². The van der Waals surface area contributed by atoms with Gasteiger partial charge in [-0.1, -0.05) is 0 Å². The molecule has 0 spiro atoms. The molecule has 98 valence electrons. The minimum atomic E-state index is -0.983.